The minimum absolute atomic E-state index is 0.0466. The van der Waals surface area contributed by atoms with E-state index in [1.807, 2.05) is 12.2 Å². The van der Waals surface area contributed by atoms with E-state index in [0.29, 0.717) is 12.8 Å². The second-order valence-corrected chi connectivity index (χ2v) is 19.6. The number of carbonyl (C=O) groups excluding carboxylic acids is 2. The van der Waals surface area contributed by atoms with E-state index < -0.39 is 89.6 Å². The van der Waals surface area contributed by atoms with E-state index in [4.69, 9.17) is 18.5 Å². The molecule has 0 aromatic rings. The summed E-state index contributed by atoms with van der Waals surface area (Å²) >= 11 is 0. The maximum Gasteiger partial charge on any atom is 0.472 e. The van der Waals surface area contributed by atoms with Crippen LogP contribution in [0.25, 0.3) is 0 Å². The zero-order chi connectivity index (χ0) is 53.3. The first kappa shape index (κ1) is 66.4. The molecule has 0 bridgehead atoms. The van der Waals surface area contributed by atoms with Crippen LogP contribution in [0.15, 0.2) is 122 Å². The van der Waals surface area contributed by atoms with Crippen molar-refractivity contribution in [1.29, 1.82) is 0 Å². The van der Waals surface area contributed by atoms with Crippen LogP contribution in [0.3, 0.4) is 0 Å². The molecule has 72 heavy (non-hydrogen) atoms. The van der Waals surface area contributed by atoms with Gasteiger partial charge in [-0.2, -0.15) is 0 Å². The Bertz CT molecular complexity index is 1860. The van der Waals surface area contributed by atoms with Crippen molar-refractivity contribution in [3.63, 3.8) is 0 Å². The second-order valence-electron chi connectivity index (χ2n) is 17.0. The van der Waals surface area contributed by atoms with Crippen LogP contribution in [0.2, 0.25) is 0 Å². The van der Waals surface area contributed by atoms with E-state index in [1.165, 1.54) is 6.08 Å². The topological polar surface area (TPSA) is 276 Å². The van der Waals surface area contributed by atoms with Crippen molar-refractivity contribution in [2.45, 2.75) is 185 Å². The van der Waals surface area contributed by atoms with Crippen molar-refractivity contribution in [2.24, 2.45) is 0 Å². The molecule has 0 radical (unpaired) electrons. The fourth-order valence-electron chi connectivity index (χ4n) is 6.77. The van der Waals surface area contributed by atoms with Gasteiger partial charge in [0.1, 0.15) is 43.2 Å². The number of aliphatic hydroxyl groups is 5. The first-order chi connectivity index (χ1) is 34.5. The Kier molecular flexibility index (Phi) is 38.4. The Balaban J connectivity index is 2.68. The van der Waals surface area contributed by atoms with Crippen molar-refractivity contribution >= 4 is 27.6 Å². The van der Waals surface area contributed by atoms with Crippen LogP contribution in [0, 0.1) is 0 Å². The van der Waals surface area contributed by atoms with Crippen LogP contribution < -0.4 is 0 Å². The first-order valence-corrected chi connectivity index (χ1v) is 28.2. The molecule has 9 atom stereocenters. The number of aliphatic hydroxyl groups excluding tert-OH is 5. The van der Waals surface area contributed by atoms with Gasteiger partial charge in [0.05, 0.1) is 12.7 Å². The lowest BCUT2D eigenvalue weighted by Crippen LogP contribution is -2.64. The average Bonchev–Trinajstić information content (AvgIpc) is 3.34. The predicted octanol–water partition coefficient (Wildman–Crippen LogP) is 9.25. The number of carbonyl (C=O) groups is 2. The molecule has 1 fully saturated rings. The largest absolute Gasteiger partial charge is 0.472 e. The van der Waals surface area contributed by atoms with Gasteiger partial charge in [-0.1, -0.05) is 161 Å². The van der Waals surface area contributed by atoms with Gasteiger partial charge in [-0.15, -0.1) is 0 Å². The Morgan fingerprint density at radius 3 is 1.49 bits per heavy atom. The van der Waals surface area contributed by atoms with Crippen LogP contribution in [0.1, 0.15) is 136 Å². The van der Waals surface area contributed by atoms with Gasteiger partial charge in [0, 0.05) is 12.8 Å². The minimum Gasteiger partial charge on any atom is -0.462 e. The van der Waals surface area contributed by atoms with E-state index in [2.05, 4.69) is 110 Å². The summed E-state index contributed by atoms with van der Waals surface area (Å²) in [6.07, 6.45) is 38.8. The fourth-order valence-corrected chi connectivity index (χ4v) is 8.31. The predicted molar refractivity (Wildman–Crippen MR) is 279 cm³/mol. The summed E-state index contributed by atoms with van der Waals surface area (Å²) in [5.41, 5.74) is 0. The smallest absolute Gasteiger partial charge is 0.462 e. The molecule has 1 aliphatic rings. The van der Waals surface area contributed by atoms with Crippen LogP contribution in [-0.2, 0) is 41.8 Å². The van der Waals surface area contributed by atoms with E-state index in [9.17, 15) is 58.9 Å². The molecule has 0 aliphatic heterocycles. The van der Waals surface area contributed by atoms with Crippen LogP contribution in [0.4, 0.5) is 0 Å². The SMILES string of the molecule is CC/C=C\C/C=C\C/C=C\C/C=C\C/C=C\C=C/C(O)CCC(=O)O[C@H](COC(=O)CCCCCCCC/C=C\C/C=C\C/C=C\C/C=C\CC)COP(=O)(O)O[C@H]1C(O)C(O)C(O)[C@@H](OP(=O)(O)O)C1O. The minimum atomic E-state index is -5.40. The van der Waals surface area contributed by atoms with E-state index in [-0.39, 0.29) is 19.3 Å². The molecule has 0 spiro atoms. The van der Waals surface area contributed by atoms with Gasteiger partial charge >= 0.3 is 27.6 Å². The molecule has 0 aromatic heterocycles. The molecule has 0 amide bonds. The zero-order valence-corrected chi connectivity index (χ0v) is 44.0. The molecule has 6 unspecified atom stereocenters. The lowest BCUT2D eigenvalue weighted by molar-refractivity contribution is -0.216. The first-order valence-electron chi connectivity index (χ1n) is 25.2. The van der Waals surface area contributed by atoms with Crippen molar-refractivity contribution in [2.75, 3.05) is 13.2 Å². The lowest BCUT2D eigenvalue weighted by Gasteiger charge is -2.43. The number of phosphoric ester groups is 2. The summed E-state index contributed by atoms with van der Waals surface area (Å²) in [6.45, 7) is 2.67. The molecular weight excluding hydrogens is 971 g/mol. The number of unbranched alkanes of at least 4 members (excludes halogenated alkanes) is 6. The van der Waals surface area contributed by atoms with E-state index in [0.717, 1.165) is 89.9 Å². The third-order valence-electron chi connectivity index (χ3n) is 10.6. The van der Waals surface area contributed by atoms with Gasteiger partial charge in [0.15, 0.2) is 6.10 Å². The van der Waals surface area contributed by atoms with E-state index >= 15 is 0 Å². The summed E-state index contributed by atoms with van der Waals surface area (Å²) in [7, 11) is -10.8. The monoisotopic (exact) mass is 1050 g/mol. The lowest BCUT2D eigenvalue weighted by atomic mass is 9.85. The second kappa shape index (κ2) is 41.7. The number of allylic oxidation sites excluding steroid dienone is 19. The molecular formula is C53H84O17P2. The fraction of sp³-hybridized carbons (Fsp3) is 0.585. The molecule has 19 heteroatoms. The zero-order valence-electron chi connectivity index (χ0n) is 42.2. The molecule has 8 N–H and O–H groups in total. The van der Waals surface area contributed by atoms with Gasteiger partial charge in [-0.25, -0.2) is 9.13 Å². The van der Waals surface area contributed by atoms with Crippen LogP contribution in [-0.4, -0.2) is 114 Å². The number of hydrogen-bond donors (Lipinski definition) is 8. The Labute approximate surface area is 427 Å². The summed E-state index contributed by atoms with van der Waals surface area (Å²) in [4.78, 5) is 54.4. The van der Waals surface area contributed by atoms with Crippen molar-refractivity contribution in [1.82, 2.24) is 0 Å². The maximum absolute atomic E-state index is 13.0. The number of hydrogen-bond acceptors (Lipinski definition) is 14. The van der Waals surface area contributed by atoms with Crippen LogP contribution >= 0.6 is 15.6 Å². The van der Waals surface area contributed by atoms with Crippen LogP contribution in [0.5, 0.6) is 0 Å². The molecule has 1 rings (SSSR count). The third kappa shape index (κ3) is 35.5. The molecule has 408 valence electrons. The summed E-state index contributed by atoms with van der Waals surface area (Å²) in [5.74, 6) is -1.52. The molecule has 0 saturated heterocycles. The van der Waals surface area contributed by atoms with Gasteiger partial charge in [0.2, 0.25) is 0 Å². The van der Waals surface area contributed by atoms with Gasteiger partial charge < -0.3 is 49.7 Å². The maximum atomic E-state index is 13.0. The highest BCUT2D eigenvalue weighted by molar-refractivity contribution is 7.47. The van der Waals surface area contributed by atoms with Gasteiger partial charge in [-0.3, -0.25) is 23.2 Å². The van der Waals surface area contributed by atoms with E-state index in [1.54, 1.807) is 12.2 Å². The molecule has 0 heterocycles. The normalized spacial score (nSPS) is 22.2. The Morgan fingerprint density at radius 1 is 0.514 bits per heavy atom. The quantitative estimate of drug-likeness (QED) is 0.00933. The average molecular weight is 1060 g/mol. The van der Waals surface area contributed by atoms with Gasteiger partial charge in [-0.05, 0) is 83.5 Å². The third-order valence-corrected chi connectivity index (χ3v) is 12.2. The highest BCUT2D eigenvalue weighted by atomic mass is 31.2. The highest BCUT2D eigenvalue weighted by Crippen LogP contribution is 2.49. The number of esters is 2. The standard InChI is InChI=1S/C53H84O17P2/c1-3-5-7-9-11-13-15-17-19-21-22-23-25-27-29-31-33-35-37-39-46(55)66-42-45(43-67-72(64,65)70-53-50(59)48(57)49(58)52(51(53)60)69-71(61,62)63)68-47(56)41-40-44(54)38-36-34-32-30-28-26-24-20-18-16-14-12-10-8-6-4-2/h5-8,11-14,17-20,22-23,26,28,32,34,36,38,44-45,48-54,57-60H,3-4,9-10,15-16,21,24-25,27,29-31,33,35,37,39-43H2,1-2H3,(H,64,65)(H2,61,62,63)/b7-5-,8-6-,13-11-,14-12-,19-17-,20-18-,23-22-,28-26-,34-32-,38-36-/t44?,45-,48?,49?,50?,51?,52-,53+/m1/s1. The molecule has 1 saturated carbocycles. The number of rotatable bonds is 40. The van der Waals surface area contributed by atoms with Crippen molar-refractivity contribution < 1.29 is 82.0 Å². The Hall–Kier alpha value is -3.64. The van der Waals surface area contributed by atoms with Crippen molar-refractivity contribution in [3.05, 3.63) is 122 Å². The summed E-state index contributed by atoms with van der Waals surface area (Å²) in [6, 6.07) is 0. The van der Waals surface area contributed by atoms with Crippen molar-refractivity contribution in [3.8, 4) is 0 Å². The summed E-state index contributed by atoms with van der Waals surface area (Å²) < 4.78 is 49.3. The number of ether oxygens (including phenoxy) is 2. The summed E-state index contributed by atoms with van der Waals surface area (Å²) in [5, 5.41) is 51.7. The number of phosphoric acid groups is 2. The van der Waals surface area contributed by atoms with Gasteiger partial charge in [0.25, 0.3) is 0 Å². The Morgan fingerprint density at radius 2 is 0.972 bits per heavy atom. The molecule has 1 aliphatic carbocycles. The molecule has 0 aromatic carbocycles. The molecule has 17 nitrogen and oxygen atoms in total. The highest BCUT2D eigenvalue weighted by Gasteiger charge is 2.54.